The largest absolute Gasteiger partial charge is 0.478 e. The number of anilines is 2. The van der Waals surface area contributed by atoms with E-state index in [0.29, 0.717) is 11.3 Å². The minimum absolute atomic E-state index is 0.176. The SMILES string of the molecule is CC(=Cc1ccc(N(C)C)cc1NC(=O)OC(C)(C)C)C(=O)O. The molecular weight excluding hydrogens is 296 g/mol. The molecule has 0 aromatic heterocycles. The summed E-state index contributed by atoms with van der Waals surface area (Å²) in [4.78, 5) is 24.9. The molecule has 0 aliphatic carbocycles. The Morgan fingerprint density at radius 3 is 2.35 bits per heavy atom. The first-order chi connectivity index (χ1) is 10.5. The molecule has 1 rings (SSSR count). The lowest BCUT2D eigenvalue weighted by Crippen LogP contribution is -2.27. The standard InChI is InChI=1S/C17H24N2O4/c1-11(15(20)21)9-12-7-8-13(19(5)6)10-14(12)18-16(22)23-17(2,3)4/h7-10H,1-6H3,(H,18,22)(H,20,21). The predicted octanol–water partition coefficient (Wildman–Crippen LogP) is 3.59. The number of nitrogens with zero attached hydrogens (tertiary/aromatic N) is 1. The van der Waals surface area contributed by atoms with E-state index >= 15 is 0 Å². The van der Waals surface area contributed by atoms with E-state index in [4.69, 9.17) is 9.84 Å². The van der Waals surface area contributed by atoms with Crippen molar-refractivity contribution >= 4 is 29.5 Å². The molecule has 0 unspecified atom stereocenters. The van der Waals surface area contributed by atoms with E-state index in [0.717, 1.165) is 5.69 Å². The maximum atomic E-state index is 12.0. The molecule has 1 aromatic carbocycles. The first kappa shape index (κ1) is 18.5. The van der Waals surface area contributed by atoms with Gasteiger partial charge < -0.3 is 14.7 Å². The molecule has 0 saturated carbocycles. The number of ether oxygens (including phenoxy) is 1. The van der Waals surface area contributed by atoms with E-state index in [2.05, 4.69) is 5.32 Å². The van der Waals surface area contributed by atoms with Crippen LogP contribution in [0.4, 0.5) is 16.2 Å². The highest BCUT2D eigenvalue weighted by Gasteiger charge is 2.17. The van der Waals surface area contributed by atoms with Gasteiger partial charge in [0.25, 0.3) is 0 Å². The van der Waals surface area contributed by atoms with Gasteiger partial charge in [-0.1, -0.05) is 6.07 Å². The van der Waals surface area contributed by atoms with Gasteiger partial charge in [0.05, 0.1) is 5.69 Å². The van der Waals surface area contributed by atoms with Crippen LogP contribution in [0.25, 0.3) is 6.08 Å². The third-order valence-corrected chi connectivity index (χ3v) is 2.90. The smallest absolute Gasteiger partial charge is 0.412 e. The van der Waals surface area contributed by atoms with Crippen LogP contribution in [0, 0.1) is 0 Å². The molecule has 0 fully saturated rings. The normalized spacial score (nSPS) is 11.8. The number of carboxylic acid groups (broad SMARTS) is 1. The van der Waals surface area contributed by atoms with E-state index in [1.54, 1.807) is 32.9 Å². The highest BCUT2D eigenvalue weighted by Crippen LogP contribution is 2.25. The van der Waals surface area contributed by atoms with Gasteiger partial charge in [0.2, 0.25) is 0 Å². The Kier molecular flexibility index (Phi) is 5.79. The lowest BCUT2D eigenvalue weighted by atomic mass is 10.1. The van der Waals surface area contributed by atoms with Crippen LogP contribution >= 0.6 is 0 Å². The third kappa shape index (κ3) is 6.02. The van der Waals surface area contributed by atoms with Gasteiger partial charge >= 0.3 is 12.1 Å². The van der Waals surface area contributed by atoms with Crippen molar-refractivity contribution in [3.8, 4) is 0 Å². The zero-order valence-corrected chi connectivity index (χ0v) is 14.4. The van der Waals surface area contributed by atoms with Crippen molar-refractivity contribution in [2.24, 2.45) is 0 Å². The molecular formula is C17H24N2O4. The fourth-order valence-corrected chi connectivity index (χ4v) is 1.77. The Hall–Kier alpha value is -2.50. The average molecular weight is 320 g/mol. The monoisotopic (exact) mass is 320 g/mol. The summed E-state index contributed by atoms with van der Waals surface area (Å²) < 4.78 is 5.25. The van der Waals surface area contributed by atoms with Gasteiger partial charge in [0.1, 0.15) is 5.60 Å². The first-order valence-corrected chi connectivity index (χ1v) is 7.22. The molecule has 0 heterocycles. The first-order valence-electron chi connectivity index (χ1n) is 7.22. The van der Waals surface area contributed by atoms with Crippen molar-refractivity contribution in [1.82, 2.24) is 0 Å². The van der Waals surface area contributed by atoms with Gasteiger partial charge in [-0.15, -0.1) is 0 Å². The van der Waals surface area contributed by atoms with Crippen LogP contribution < -0.4 is 10.2 Å². The summed E-state index contributed by atoms with van der Waals surface area (Å²) in [6.45, 7) is 6.83. The molecule has 2 N–H and O–H groups in total. The Morgan fingerprint density at radius 2 is 1.87 bits per heavy atom. The Labute approximate surface area is 136 Å². The molecule has 0 aliphatic heterocycles. The van der Waals surface area contributed by atoms with Crippen LogP contribution in [0.15, 0.2) is 23.8 Å². The molecule has 0 radical (unpaired) electrons. The van der Waals surface area contributed by atoms with Crippen LogP contribution in [0.2, 0.25) is 0 Å². The van der Waals surface area contributed by atoms with Crippen LogP contribution in [-0.4, -0.2) is 36.9 Å². The number of benzene rings is 1. The molecule has 1 aromatic rings. The maximum Gasteiger partial charge on any atom is 0.412 e. The maximum absolute atomic E-state index is 12.0. The topological polar surface area (TPSA) is 78.9 Å². The summed E-state index contributed by atoms with van der Waals surface area (Å²) in [5, 5.41) is 11.7. The van der Waals surface area contributed by atoms with Crippen LogP contribution in [0.3, 0.4) is 0 Å². The number of hydrogen-bond acceptors (Lipinski definition) is 4. The zero-order chi connectivity index (χ0) is 17.8. The van der Waals surface area contributed by atoms with E-state index in [1.807, 2.05) is 25.1 Å². The quantitative estimate of drug-likeness (QED) is 0.829. The zero-order valence-electron chi connectivity index (χ0n) is 14.4. The summed E-state index contributed by atoms with van der Waals surface area (Å²) in [5.74, 6) is -1.01. The minimum atomic E-state index is -1.01. The van der Waals surface area contributed by atoms with Gasteiger partial charge in [-0.2, -0.15) is 0 Å². The fourth-order valence-electron chi connectivity index (χ4n) is 1.77. The molecule has 126 valence electrons. The molecule has 0 spiro atoms. The molecule has 6 heteroatoms. The Bertz CT molecular complexity index is 628. The molecule has 1 amide bonds. The molecule has 0 saturated heterocycles. The van der Waals surface area contributed by atoms with Gasteiger partial charge in [-0.25, -0.2) is 9.59 Å². The Morgan fingerprint density at radius 1 is 1.26 bits per heavy atom. The summed E-state index contributed by atoms with van der Waals surface area (Å²) in [5.41, 5.74) is 1.53. The second kappa shape index (κ2) is 7.17. The highest BCUT2D eigenvalue weighted by atomic mass is 16.6. The number of carbonyl (C=O) groups excluding carboxylic acids is 1. The van der Waals surface area contributed by atoms with Crippen LogP contribution in [-0.2, 0) is 9.53 Å². The van der Waals surface area contributed by atoms with Crippen molar-refractivity contribution in [3.05, 3.63) is 29.3 Å². The van der Waals surface area contributed by atoms with Gasteiger partial charge in [0.15, 0.2) is 0 Å². The second-order valence-electron chi connectivity index (χ2n) is 6.43. The van der Waals surface area contributed by atoms with Gasteiger partial charge in [-0.05, 0) is 51.5 Å². The number of carbonyl (C=O) groups is 2. The molecule has 23 heavy (non-hydrogen) atoms. The van der Waals surface area contributed by atoms with Crippen LogP contribution in [0.1, 0.15) is 33.3 Å². The number of aliphatic carboxylic acids is 1. The molecule has 0 aliphatic rings. The summed E-state index contributed by atoms with van der Waals surface area (Å²) in [6, 6.07) is 5.38. The van der Waals surface area contributed by atoms with E-state index in [1.165, 1.54) is 13.0 Å². The van der Waals surface area contributed by atoms with Gasteiger partial charge in [0, 0.05) is 25.4 Å². The number of rotatable bonds is 4. The van der Waals surface area contributed by atoms with Gasteiger partial charge in [-0.3, -0.25) is 5.32 Å². The van der Waals surface area contributed by atoms with Crippen molar-refractivity contribution in [3.63, 3.8) is 0 Å². The van der Waals surface area contributed by atoms with Crippen molar-refractivity contribution in [2.45, 2.75) is 33.3 Å². The number of amides is 1. The predicted molar refractivity (Wildman–Crippen MR) is 91.9 cm³/mol. The fraction of sp³-hybridized carbons (Fsp3) is 0.412. The number of carboxylic acids is 1. The lowest BCUT2D eigenvalue weighted by molar-refractivity contribution is -0.132. The molecule has 0 bridgehead atoms. The van der Waals surface area contributed by atoms with Crippen LogP contribution in [0.5, 0.6) is 0 Å². The van der Waals surface area contributed by atoms with E-state index in [-0.39, 0.29) is 5.57 Å². The Balaban J connectivity index is 3.19. The van der Waals surface area contributed by atoms with Crippen molar-refractivity contribution in [2.75, 3.05) is 24.3 Å². The third-order valence-electron chi connectivity index (χ3n) is 2.90. The molecule has 6 nitrogen and oxygen atoms in total. The van der Waals surface area contributed by atoms with E-state index in [9.17, 15) is 9.59 Å². The number of nitrogens with one attached hydrogen (secondary N) is 1. The highest BCUT2D eigenvalue weighted by molar-refractivity contribution is 5.95. The minimum Gasteiger partial charge on any atom is -0.478 e. The summed E-state index contributed by atoms with van der Waals surface area (Å²) >= 11 is 0. The number of hydrogen-bond donors (Lipinski definition) is 2. The molecule has 0 atom stereocenters. The van der Waals surface area contributed by atoms with E-state index < -0.39 is 17.7 Å². The summed E-state index contributed by atoms with van der Waals surface area (Å²) in [7, 11) is 3.76. The second-order valence-corrected chi connectivity index (χ2v) is 6.43. The van der Waals surface area contributed by atoms with Crippen molar-refractivity contribution in [1.29, 1.82) is 0 Å². The lowest BCUT2D eigenvalue weighted by Gasteiger charge is -2.21. The van der Waals surface area contributed by atoms with Crippen molar-refractivity contribution < 1.29 is 19.4 Å². The average Bonchev–Trinajstić information content (AvgIpc) is 2.37. The summed E-state index contributed by atoms with van der Waals surface area (Å²) in [6.07, 6.45) is 0.921.